The van der Waals surface area contributed by atoms with E-state index in [-0.39, 0.29) is 6.61 Å². The van der Waals surface area contributed by atoms with Crippen LogP contribution in [0.1, 0.15) is 12.5 Å². The summed E-state index contributed by atoms with van der Waals surface area (Å²) in [6.07, 6.45) is 1.24. The van der Waals surface area contributed by atoms with Crippen LogP contribution in [0.5, 0.6) is 5.75 Å². The molecule has 0 spiro atoms. The third kappa shape index (κ3) is 3.61. The van der Waals surface area contributed by atoms with E-state index in [1.807, 2.05) is 0 Å². The number of esters is 1. The van der Waals surface area contributed by atoms with Gasteiger partial charge in [0.2, 0.25) is 0 Å². The fraction of sp³-hybridized carbons (Fsp3) is 0.273. The summed E-state index contributed by atoms with van der Waals surface area (Å²) in [6.45, 7) is 1.89. The molecule has 16 heavy (non-hydrogen) atoms. The molecule has 0 saturated heterocycles. The summed E-state index contributed by atoms with van der Waals surface area (Å²) in [5.74, 6) is 0.0339. The first-order valence-corrected chi connectivity index (χ1v) is 4.82. The smallest absolute Gasteiger partial charge is 0.344 e. The number of hydrogen-bond acceptors (Lipinski definition) is 5. The Labute approximate surface area is 93.3 Å². The van der Waals surface area contributed by atoms with E-state index in [1.54, 1.807) is 31.2 Å². The van der Waals surface area contributed by atoms with Crippen molar-refractivity contribution in [2.75, 3.05) is 13.2 Å². The number of oxime groups is 1. The average Bonchev–Trinajstić information content (AvgIpc) is 2.29. The highest BCUT2D eigenvalue weighted by Crippen LogP contribution is 2.15. The molecule has 1 aromatic carbocycles. The van der Waals surface area contributed by atoms with Crippen LogP contribution in [0.25, 0.3) is 0 Å². The Balaban J connectivity index is 2.62. The topological polar surface area (TPSA) is 68.1 Å². The predicted molar refractivity (Wildman–Crippen MR) is 58.0 cm³/mol. The van der Waals surface area contributed by atoms with Crippen LogP contribution < -0.4 is 4.74 Å². The Kier molecular flexibility index (Phi) is 4.85. The maximum atomic E-state index is 11.1. The predicted octanol–water partition coefficient (Wildman–Crippen LogP) is 1.44. The summed E-state index contributed by atoms with van der Waals surface area (Å²) in [6, 6.07) is 6.92. The molecule has 0 unspecified atom stereocenters. The number of benzene rings is 1. The molecule has 0 aliphatic carbocycles. The van der Waals surface area contributed by atoms with E-state index in [2.05, 4.69) is 5.16 Å². The van der Waals surface area contributed by atoms with Gasteiger partial charge in [-0.2, -0.15) is 0 Å². The summed E-state index contributed by atoms with van der Waals surface area (Å²) in [7, 11) is 0. The molecule has 0 fully saturated rings. The fourth-order valence-corrected chi connectivity index (χ4v) is 1.12. The summed E-state index contributed by atoms with van der Waals surface area (Å²) in [5.41, 5.74) is 0.592. The minimum atomic E-state index is -0.432. The summed E-state index contributed by atoms with van der Waals surface area (Å²) >= 11 is 0. The molecule has 0 amide bonds. The summed E-state index contributed by atoms with van der Waals surface area (Å²) < 4.78 is 9.94. The van der Waals surface area contributed by atoms with Crippen molar-refractivity contribution < 1.29 is 19.5 Å². The normalized spacial score (nSPS) is 10.3. The first kappa shape index (κ1) is 12.0. The second kappa shape index (κ2) is 6.44. The first-order valence-electron chi connectivity index (χ1n) is 4.82. The van der Waals surface area contributed by atoms with E-state index < -0.39 is 5.97 Å². The molecule has 0 aliphatic heterocycles. The Morgan fingerprint density at radius 3 is 2.94 bits per heavy atom. The molecule has 0 radical (unpaired) electrons. The zero-order valence-electron chi connectivity index (χ0n) is 8.92. The van der Waals surface area contributed by atoms with Crippen molar-refractivity contribution >= 4 is 12.2 Å². The maximum absolute atomic E-state index is 11.1. The lowest BCUT2D eigenvalue weighted by atomic mass is 10.2. The lowest BCUT2D eigenvalue weighted by Gasteiger charge is -2.07. The van der Waals surface area contributed by atoms with Crippen LogP contribution in [0.3, 0.4) is 0 Å². The van der Waals surface area contributed by atoms with Crippen molar-refractivity contribution in [3.8, 4) is 5.75 Å². The monoisotopic (exact) mass is 223 g/mol. The van der Waals surface area contributed by atoms with Crippen LogP contribution in [-0.2, 0) is 9.53 Å². The SMILES string of the molecule is CCOC(=O)COc1ccccc1/C=N/O. The molecule has 1 N–H and O–H groups in total. The second-order valence-corrected chi connectivity index (χ2v) is 2.88. The molecule has 1 rings (SSSR count). The molecule has 0 aliphatic rings. The van der Waals surface area contributed by atoms with Crippen LogP contribution in [0.4, 0.5) is 0 Å². The highest BCUT2D eigenvalue weighted by atomic mass is 16.6. The Hall–Kier alpha value is -2.04. The van der Waals surface area contributed by atoms with E-state index in [0.717, 1.165) is 0 Å². The van der Waals surface area contributed by atoms with Gasteiger partial charge in [0.15, 0.2) is 6.61 Å². The third-order valence-corrected chi connectivity index (χ3v) is 1.77. The van der Waals surface area contributed by atoms with Gasteiger partial charge < -0.3 is 14.7 Å². The highest BCUT2D eigenvalue weighted by molar-refractivity contribution is 5.83. The van der Waals surface area contributed by atoms with Gasteiger partial charge in [0.05, 0.1) is 12.8 Å². The van der Waals surface area contributed by atoms with Crippen molar-refractivity contribution in [2.45, 2.75) is 6.92 Å². The fourth-order valence-electron chi connectivity index (χ4n) is 1.12. The highest BCUT2D eigenvalue weighted by Gasteiger charge is 2.05. The minimum absolute atomic E-state index is 0.163. The second-order valence-electron chi connectivity index (χ2n) is 2.88. The van der Waals surface area contributed by atoms with Crippen molar-refractivity contribution in [2.24, 2.45) is 5.16 Å². The summed E-state index contributed by atoms with van der Waals surface area (Å²) in [5, 5.41) is 11.3. The van der Waals surface area contributed by atoms with Gasteiger partial charge in [-0.15, -0.1) is 0 Å². The zero-order chi connectivity index (χ0) is 11.8. The van der Waals surface area contributed by atoms with Gasteiger partial charge in [-0.1, -0.05) is 17.3 Å². The van der Waals surface area contributed by atoms with Crippen molar-refractivity contribution in [3.05, 3.63) is 29.8 Å². The molecular formula is C11H13NO4. The number of ether oxygens (including phenoxy) is 2. The number of carbonyl (C=O) groups excluding carboxylic acids is 1. The maximum Gasteiger partial charge on any atom is 0.344 e. The van der Waals surface area contributed by atoms with Gasteiger partial charge in [0.25, 0.3) is 0 Å². The summed E-state index contributed by atoms with van der Waals surface area (Å²) in [4.78, 5) is 11.1. The number of para-hydroxylation sites is 1. The Bertz CT molecular complexity index is 376. The van der Waals surface area contributed by atoms with E-state index in [4.69, 9.17) is 14.7 Å². The first-order chi connectivity index (χ1) is 7.77. The largest absolute Gasteiger partial charge is 0.481 e. The van der Waals surface area contributed by atoms with E-state index >= 15 is 0 Å². The lowest BCUT2D eigenvalue weighted by molar-refractivity contribution is -0.145. The molecule has 86 valence electrons. The van der Waals surface area contributed by atoms with Crippen molar-refractivity contribution in [3.63, 3.8) is 0 Å². The molecule has 1 aromatic rings. The molecule has 0 bridgehead atoms. The molecular weight excluding hydrogens is 210 g/mol. The lowest BCUT2D eigenvalue weighted by Crippen LogP contribution is -2.15. The van der Waals surface area contributed by atoms with Gasteiger partial charge in [-0.25, -0.2) is 4.79 Å². The molecule has 5 nitrogen and oxygen atoms in total. The number of nitrogens with zero attached hydrogens (tertiary/aromatic N) is 1. The molecule has 0 heterocycles. The van der Waals surface area contributed by atoms with Gasteiger partial charge in [-0.3, -0.25) is 0 Å². The van der Waals surface area contributed by atoms with Gasteiger partial charge >= 0.3 is 5.97 Å². The van der Waals surface area contributed by atoms with Gasteiger partial charge in [0.1, 0.15) is 5.75 Å². The van der Waals surface area contributed by atoms with Crippen molar-refractivity contribution in [1.82, 2.24) is 0 Å². The van der Waals surface area contributed by atoms with Crippen LogP contribution in [0.15, 0.2) is 29.4 Å². The van der Waals surface area contributed by atoms with Gasteiger partial charge in [-0.05, 0) is 19.1 Å². The number of carbonyl (C=O) groups is 1. The Morgan fingerprint density at radius 2 is 2.25 bits per heavy atom. The third-order valence-electron chi connectivity index (χ3n) is 1.77. The van der Waals surface area contributed by atoms with E-state index in [1.165, 1.54) is 6.21 Å². The molecule has 5 heteroatoms. The zero-order valence-corrected chi connectivity index (χ0v) is 8.92. The number of rotatable bonds is 5. The standard InChI is InChI=1S/C11H13NO4/c1-2-15-11(13)8-16-10-6-4-3-5-9(10)7-12-14/h3-7,14H,2,8H2,1H3/b12-7+. The van der Waals surface area contributed by atoms with Gasteiger partial charge in [0, 0.05) is 5.56 Å². The van der Waals surface area contributed by atoms with Crippen LogP contribution in [0.2, 0.25) is 0 Å². The van der Waals surface area contributed by atoms with E-state index in [9.17, 15) is 4.79 Å². The van der Waals surface area contributed by atoms with Crippen LogP contribution >= 0.6 is 0 Å². The average molecular weight is 223 g/mol. The van der Waals surface area contributed by atoms with E-state index in [0.29, 0.717) is 17.9 Å². The molecule has 0 atom stereocenters. The molecule has 0 saturated carbocycles. The minimum Gasteiger partial charge on any atom is -0.481 e. The van der Waals surface area contributed by atoms with Crippen molar-refractivity contribution in [1.29, 1.82) is 0 Å². The number of hydrogen-bond donors (Lipinski definition) is 1. The quantitative estimate of drug-likeness (QED) is 0.355. The van der Waals surface area contributed by atoms with Crippen LogP contribution in [-0.4, -0.2) is 30.6 Å². The molecule has 0 aromatic heterocycles. The van der Waals surface area contributed by atoms with Crippen LogP contribution in [0, 0.1) is 0 Å². The Morgan fingerprint density at radius 1 is 1.50 bits per heavy atom.